The number of aryl methyl sites for hydroxylation is 2. The van der Waals surface area contributed by atoms with Crippen LogP contribution >= 0.6 is 0 Å². The lowest BCUT2D eigenvalue weighted by molar-refractivity contribution is 0.536. The molecule has 0 radical (unpaired) electrons. The number of aromatic nitrogens is 8. The fourth-order valence-electron chi connectivity index (χ4n) is 7.05. The molecule has 12 heteroatoms. The van der Waals surface area contributed by atoms with Crippen molar-refractivity contribution in [2.45, 2.75) is 155 Å². The topological polar surface area (TPSA) is 161 Å². The van der Waals surface area contributed by atoms with Gasteiger partial charge in [-0.3, -0.25) is 19.6 Å². The van der Waals surface area contributed by atoms with Gasteiger partial charge in [-0.25, -0.2) is 19.6 Å². The molecule has 0 fully saturated rings. The number of nitrogens with one attached hydrogen (secondary N) is 2. The fraction of sp³-hybridized carbons (Fsp3) is 0.632. The van der Waals surface area contributed by atoms with Gasteiger partial charge in [-0.2, -0.15) is 9.97 Å². The highest BCUT2D eigenvalue weighted by Crippen LogP contribution is 2.29. The minimum atomic E-state index is -0.717. The molecule has 270 valence electrons. The lowest BCUT2D eigenvalue weighted by Gasteiger charge is -2.20. The van der Waals surface area contributed by atoms with E-state index in [1.807, 2.05) is 21.3 Å². The fourth-order valence-corrected chi connectivity index (χ4v) is 7.05. The summed E-state index contributed by atoms with van der Waals surface area (Å²) in [5, 5.41) is 0. The molecule has 0 saturated carbocycles. The number of fused-ring (bicyclic) bond motifs is 4. The maximum absolute atomic E-state index is 13.0. The van der Waals surface area contributed by atoms with Crippen molar-refractivity contribution in [3.8, 4) is 23.0 Å². The van der Waals surface area contributed by atoms with Crippen LogP contribution in [0.1, 0.15) is 142 Å². The van der Waals surface area contributed by atoms with E-state index >= 15 is 0 Å². The van der Waals surface area contributed by atoms with Crippen LogP contribution in [0.4, 0.5) is 0 Å². The van der Waals surface area contributed by atoms with E-state index in [1.54, 1.807) is 0 Å². The number of benzene rings is 1. The quantitative estimate of drug-likeness (QED) is 0.0565. The van der Waals surface area contributed by atoms with Crippen LogP contribution in [-0.4, -0.2) is 39.0 Å². The summed E-state index contributed by atoms with van der Waals surface area (Å²) in [4.78, 5) is 72.9. The van der Waals surface area contributed by atoms with Gasteiger partial charge in [0.15, 0.2) is 23.0 Å². The average Bonchev–Trinajstić information content (AvgIpc) is 3.09. The Morgan fingerprint density at radius 3 is 1.12 bits per heavy atom. The molecule has 0 spiro atoms. The molecule has 12 nitrogen and oxygen atoms in total. The first-order valence-electron chi connectivity index (χ1n) is 19.2. The molecule has 4 aliphatic rings. The first-order chi connectivity index (χ1) is 24.4. The summed E-state index contributed by atoms with van der Waals surface area (Å²) in [6, 6.07) is 3.69. The minimum Gasteiger partial charge on any atom is -0.322 e. The molecule has 4 aliphatic heterocycles. The number of unbranched alkanes of at least 4 members (excludes halogenated alkanes) is 18. The van der Waals surface area contributed by atoms with E-state index in [9.17, 15) is 19.2 Å². The predicted octanol–water partition coefficient (Wildman–Crippen LogP) is 7.32. The molecule has 0 aliphatic carbocycles. The maximum Gasteiger partial charge on any atom is 0.349 e. The monoisotopic (exact) mass is 686 g/mol. The van der Waals surface area contributed by atoms with E-state index in [0.717, 1.165) is 38.5 Å². The molecule has 2 N–H and O–H groups in total. The van der Waals surface area contributed by atoms with E-state index in [2.05, 4.69) is 43.8 Å². The van der Waals surface area contributed by atoms with E-state index in [1.165, 1.54) is 89.9 Å². The zero-order valence-corrected chi connectivity index (χ0v) is 30.0. The first kappa shape index (κ1) is 37.0. The van der Waals surface area contributed by atoms with Crippen LogP contribution < -0.4 is 22.5 Å². The maximum atomic E-state index is 13.0. The number of nitrogens with zero attached hydrogens (tertiary/aromatic N) is 6. The molecule has 0 aromatic heterocycles. The summed E-state index contributed by atoms with van der Waals surface area (Å²) < 4.78 is 3.78. The molecule has 0 saturated heterocycles. The van der Waals surface area contributed by atoms with Gasteiger partial charge in [-0.15, -0.1) is 0 Å². The third-order valence-corrected chi connectivity index (χ3v) is 9.81. The highest BCUT2D eigenvalue weighted by atomic mass is 16.2. The number of hydrogen-bond donors (Lipinski definition) is 2. The van der Waals surface area contributed by atoms with E-state index in [0.29, 0.717) is 35.2 Å². The average molecular weight is 687 g/mol. The molecule has 0 bridgehead atoms. The molecule has 1 aromatic carbocycles. The molecular weight excluding hydrogens is 632 g/mol. The Kier molecular flexibility index (Phi) is 13.8. The van der Waals surface area contributed by atoms with Gasteiger partial charge in [0.25, 0.3) is 11.1 Å². The number of H-pyrrole nitrogens is 2. The first-order valence-corrected chi connectivity index (χ1v) is 19.2. The molecule has 0 atom stereocenters. The summed E-state index contributed by atoms with van der Waals surface area (Å²) in [5.74, 6) is 0.465. The molecule has 0 amide bonds. The third kappa shape index (κ3) is 9.51. The van der Waals surface area contributed by atoms with Crippen molar-refractivity contribution < 1.29 is 0 Å². The smallest absolute Gasteiger partial charge is 0.322 e. The van der Waals surface area contributed by atoms with Crippen LogP contribution in [0.5, 0.6) is 0 Å². The highest BCUT2D eigenvalue weighted by Gasteiger charge is 2.23. The second-order valence-electron chi connectivity index (χ2n) is 13.8. The SMILES string of the molecule is CCCCCCCCCCCCn1c2nc(=O)[nH]c(=O)c-2nc2cc3c(cc21)nc1c(=O)[nH]c(=O)nc-1n3CCCCCCCCCCCC. The van der Waals surface area contributed by atoms with Crippen LogP contribution in [0, 0.1) is 0 Å². The molecule has 1 aromatic rings. The number of hydrogen-bond acceptors (Lipinski definition) is 8. The van der Waals surface area contributed by atoms with Crippen molar-refractivity contribution in [3.05, 3.63) is 53.8 Å². The van der Waals surface area contributed by atoms with Crippen molar-refractivity contribution in [3.63, 3.8) is 0 Å². The molecule has 4 heterocycles. The molecule has 5 rings (SSSR count). The van der Waals surface area contributed by atoms with Crippen LogP contribution in [0.25, 0.3) is 45.1 Å². The van der Waals surface area contributed by atoms with E-state index in [-0.39, 0.29) is 23.0 Å². The van der Waals surface area contributed by atoms with Gasteiger partial charge in [0, 0.05) is 13.1 Å². The third-order valence-electron chi connectivity index (χ3n) is 9.81. The summed E-state index contributed by atoms with van der Waals surface area (Å²) in [6.45, 7) is 5.55. The lowest BCUT2D eigenvalue weighted by Crippen LogP contribution is -2.29. The Morgan fingerprint density at radius 2 is 0.780 bits per heavy atom. The zero-order valence-electron chi connectivity index (χ0n) is 30.0. The van der Waals surface area contributed by atoms with Gasteiger partial charge in [-0.05, 0) is 25.0 Å². The summed E-state index contributed by atoms with van der Waals surface area (Å²) >= 11 is 0. The second kappa shape index (κ2) is 18.7. The summed E-state index contributed by atoms with van der Waals surface area (Å²) in [6.07, 6.45) is 23.7. The van der Waals surface area contributed by atoms with Crippen molar-refractivity contribution in [2.24, 2.45) is 0 Å². The van der Waals surface area contributed by atoms with E-state index in [4.69, 9.17) is 0 Å². The van der Waals surface area contributed by atoms with Crippen LogP contribution in [-0.2, 0) is 13.1 Å². The van der Waals surface area contributed by atoms with Gasteiger partial charge in [0.2, 0.25) is 0 Å². The van der Waals surface area contributed by atoms with Gasteiger partial charge in [-0.1, -0.05) is 129 Å². The Balaban J connectivity index is 1.42. The lowest BCUT2D eigenvalue weighted by atomic mass is 10.1. The van der Waals surface area contributed by atoms with Gasteiger partial charge in [0.1, 0.15) is 0 Å². The highest BCUT2D eigenvalue weighted by molar-refractivity contribution is 5.94. The van der Waals surface area contributed by atoms with Gasteiger partial charge in [0.05, 0.1) is 22.1 Å². The molecule has 0 unspecified atom stereocenters. The summed E-state index contributed by atoms with van der Waals surface area (Å²) in [5.41, 5.74) is -0.0142. The van der Waals surface area contributed by atoms with Gasteiger partial charge < -0.3 is 9.13 Å². The van der Waals surface area contributed by atoms with Crippen molar-refractivity contribution in [1.82, 2.24) is 39.0 Å². The molecule has 50 heavy (non-hydrogen) atoms. The Hall–Kier alpha value is -4.22. The summed E-state index contributed by atoms with van der Waals surface area (Å²) in [7, 11) is 0. The largest absolute Gasteiger partial charge is 0.349 e. The van der Waals surface area contributed by atoms with Crippen molar-refractivity contribution >= 4 is 22.1 Å². The van der Waals surface area contributed by atoms with Crippen molar-refractivity contribution in [1.29, 1.82) is 0 Å². The molecular formula is C38H54N8O4. The van der Waals surface area contributed by atoms with E-state index < -0.39 is 22.5 Å². The Labute approximate surface area is 292 Å². The minimum absolute atomic E-state index is 0.0925. The van der Waals surface area contributed by atoms with Crippen LogP contribution in [0.15, 0.2) is 31.3 Å². The number of aromatic amines is 2. The zero-order chi connectivity index (χ0) is 35.3. The van der Waals surface area contributed by atoms with Crippen LogP contribution in [0.3, 0.4) is 0 Å². The predicted molar refractivity (Wildman–Crippen MR) is 199 cm³/mol. The van der Waals surface area contributed by atoms with Crippen LogP contribution in [0.2, 0.25) is 0 Å². The van der Waals surface area contributed by atoms with Gasteiger partial charge >= 0.3 is 11.4 Å². The normalized spacial score (nSPS) is 11.9. The Bertz CT molecular complexity index is 1870. The van der Waals surface area contributed by atoms with Crippen molar-refractivity contribution in [2.75, 3.05) is 0 Å². The standard InChI is InChI=1S/C38H54N8O4/c1-3-5-7-9-11-13-15-17-19-21-23-45-29-25-28-30(26-27(29)39-31-33(45)41-37(49)43-35(31)47)46(34-32(40-28)36(48)44-38(50)42-34)24-22-20-18-16-14-12-10-8-6-4-2/h25-26H,3-24H2,1-2H3,(H,43,47,49)(H,44,48,50). The second-order valence-corrected chi connectivity index (χ2v) is 13.8. The number of rotatable bonds is 22. The Morgan fingerprint density at radius 1 is 0.460 bits per heavy atom.